The number of aliphatic hydroxyl groups is 1. The molecule has 74 valence electrons. The zero-order valence-electron chi connectivity index (χ0n) is 7.10. The van der Waals surface area contributed by atoms with E-state index in [9.17, 15) is 13.2 Å². The van der Waals surface area contributed by atoms with E-state index in [4.69, 9.17) is 10.8 Å². The molecule has 0 aliphatic carbocycles. The van der Waals surface area contributed by atoms with Crippen LogP contribution in [0.4, 0.5) is 13.2 Å². The second-order valence-corrected chi connectivity index (χ2v) is 3.20. The van der Waals surface area contributed by atoms with Gasteiger partial charge >= 0.3 is 6.18 Å². The van der Waals surface area contributed by atoms with Gasteiger partial charge in [-0.2, -0.15) is 13.2 Å². The lowest BCUT2D eigenvalue weighted by Crippen LogP contribution is -2.41. The number of rotatable bonds is 3. The van der Waals surface area contributed by atoms with Crippen molar-refractivity contribution in [1.29, 1.82) is 0 Å². The minimum Gasteiger partial charge on any atom is -0.393 e. The van der Waals surface area contributed by atoms with Crippen molar-refractivity contribution in [3.05, 3.63) is 0 Å². The lowest BCUT2D eigenvalue weighted by Gasteiger charge is -2.21. The maximum atomic E-state index is 11.8. The quantitative estimate of drug-likeness (QED) is 0.695. The molecule has 0 unspecified atom stereocenters. The van der Waals surface area contributed by atoms with Gasteiger partial charge in [0.05, 0.1) is 6.10 Å². The summed E-state index contributed by atoms with van der Waals surface area (Å²) < 4.78 is 35.5. The molecule has 0 heterocycles. The largest absolute Gasteiger partial charge is 0.403 e. The van der Waals surface area contributed by atoms with Crippen molar-refractivity contribution in [2.24, 2.45) is 11.7 Å². The Labute approximate surface area is 69.6 Å². The third-order valence-electron chi connectivity index (χ3n) is 1.69. The van der Waals surface area contributed by atoms with E-state index < -0.39 is 24.7 Å². The van der Waals surface area contributed by atoms with Crippen molar-refractivity contribution in [2.75, 3.05) is 0 Å². The van der Waals surface area contributed by atoms with E-state index in [1.165, 1.54) is 0 Å². The Balaban J connectivity index is 3.93. The van der Waals surface area contributed by atoms with Crippen LogP contribution in [0, 0.1) is 5.92 Å². The minimum atomic E-state index is -4.41. The Morgan fingerprint density at radius 1 is 1.33 bits per heavy atom. The molecule has 0 fully saturated rings. The van der Waals surface area contributed by atoms with Crippen LogP contribution in [0.2, 0.25) is 0 Å². The second kappa shape index (κ2) is 4.09. The van der Waals surface area contributed by atoms with Crippen molar-refractivity contribution in [1.82, 2.24) is 0 Å². The summed E-state index contributed by atoms with van der Waals surface area (Å²) in [7, 11) is 0. The van der Waals surface area contributed by atoms with E-state index in [0.29, 0.717) is 0 Å². The molecule has 12 heavy (non-hydrogen) atoms. The molecule has 0 aromatic carbocycles. The molecular formula is C7H14F3NO. The number of hydrogen-bond donors (Lipinski definition) is 2. The summed E-state index contributed by atoms with van der Waals surface area (Å²) in [5, 5.41) is 9.08. The van der Waals surface area contributed by atoms with Crippen LogP contribution in [0.5, 0.6) is 0 Å². The lowest BCUT2D eigenvalue weighted by atomic mass is 10.00. The predicted molar refractivity (Wildman–Crippen MR) is 39.5 cm³/mol. The van der Waals surface area contributed by atoms with Crippen LogP contribution in [0.15, 0.2) is 0 Å². The van der Waals surface area contributed by atoms with E-state index in [1.807, 2.05) is 0 Å². The van der Waals surface area contributed by atoms with Gasteiger partial charge in [0.1, 0.15) is 6.04 Å². The van der Waals surface area contributed by atoms with E-state index in [1.54, 1.807) is 13.8 Å². The summed E-state index contributed by atoms with van der Waals surface area (Å²) >= 11 is 0. The van der Waals surface area contributed by atoms with Crippen molar-refractivity contribution >= 4 is 0 Å². The third kappa shape index (κ3) is 3.92. The number of aliphatic hydroxyl groups excluding tert-OH is 1. The fourth-order valence-corrected chi connectivity index (χ4v) is 0.666. The zero-order valence-corrected chi connectivity index (χ0v) is 7.10. The summed E-state index contributed by atoms with van der Waals surface area (Å²) in [5.41, 5.74) is 4.80. The zero-order chi connectivity index (χ0) is 9.94. The van der Waals surface area contributed by atoms with Crippen LogP contribution in [0.3, 0.4) is 0 Å². The number of halogens is 3. The van der Waals surface area contributed by atoms with Gasteiger partial charge in [0, 0.05) is 0 Å². The van der Waals surface area contributed by atoms with E-state index in [0.717, 1.165) is 0 Å². The van der Waals surface area contributed by atoms with Crippen molar-refractivity contribution in [3.8, 4) is 0 Å². The maximum Gasteiger partial charge on any atom is 0.403 e. The highest BCUT2D eigenvalue weighted by Gasteiger charge is 2.38. The molecular weight excluding hydrogens is 171 g/mol. The predicted octanol–water partition coefficient (Wildman–Crippen LogP) is 1.28. The van der Waals surface area contributed by atoms with Crippen molar-refractivity contribution in [2.45, 2.75) is 38.6 Å². The Bertz CT molecular complexity index is 135. The van der Waals surface area contributed by atoms with E-state index in [-0.39, 0.29) is 5.92 Å². The van der Waals surface area contributed by atoms with Gasteiger partial charge in [-0.15, -0.1) is 0 Å². The fourth-order valence-electron chi connectivity index (χ4n) is 0.666. The molecule has 0 saturated carbocycles. The minimum absolute atomic E-state index is 0.196. The highest BCUT2D eigenvalue weighted by molar-refractivity contribution is 4.75. The van der Waals surface area contributed by atoms with Gasteiger partial charge in [0.15, 0.2) is 0 Å². The van der Waals surface area contributed by atoms with Crippen molar-refractivity contribution < 1.29 is 18.3 Å². The molecule has 0 aliphatic heterocycles. The summed E-state index contributed by atoms with van der Waals surface area (Å²) in [5.74, 6) is -0.196. The third-order valence-corrected chi connectivity index (χ3v) is 1.69. The van der Waals surface area contributed by atoms with E-state index in [2.05, 4.69) is 0 Å². The molecule has 3 N–H and O–H groups in total. The first kappa shape index (κ1) is 11.7. The van der Waals surface area contributed by atoms with Crippen LogP contribution < -0.4 is 5.73 Å². The normalized spacial score (nSPS) is 18.0. The average molecular weight is 185 g/mol. The molecule has 2 atom stereocenters. The van der Waals surface area contributed by atoms with Gasteiger partial charge in [-0.3, -0.25) is 0 Å². The topological polar surface area (TPSA) is 46.2 Å². The van der Waals surface area contributed by atoms with Crippen LogP contribution in [0.25, 0.3) is 0 Å². The van der Waals surface area contributed by atoms with Crippen LogP contribution in [0.1, 0.15) is 20.3 Å². The molecule has 0 aliphatic rings. The molecule has 2 nitrogen and oxygen atoms in total. The van der Waals surface area contributed by atoms with Crippen LogP contribution >= 0.6 is 0 Å². The van der Waals surface area contributed by atoms with E-state index >= 15 is 0 Å². The van der Waals surface area contributed by atoms with Crippen LogP contribution in [-0.4, -0.2) is 23.4 Å². The first-order valence-electron chi connectivity index (χ1n) is 3.75. The first-order chi connectivity index (χ1) is 5.25. The summed E-state index contributed by atoms with van der Waals surface area (Å²) in [6.45, 7) is 3.29. The number of nitrogens with two attached hydrogens (primary N) is 1. The molecule has 0 spiro atoms. The lowest BCUT2D eigenvalue weighted by molar-refractivity contribution is -0.154. The number of alkyl halides is 3. The second-order valence-electron chi connectivity index (χ2n) is 3.20. The molecule has 0 aromatic heterocycles. The Kier molecular flexibility index (Phi) is 3.99. The van der Waals surface area contributed by atoms with Gasteiger partial charge < -0.3 is 10.8 Å². The molecule has 0 saturated heterocycles. The molecule has 0 radical (unpaired) electrons. The molecule has 0 aromatic rings. The first-order valence-corrected chi connectivity index (χ1v) is 3.75. The van der Waals surface area contributed by atoms with Gasteiger partial charge in [0.2, 0.25) is 0 Å². The summed E-state index contributed by atoms with van der Waals surface area (Å²) in [6, 6.07) is -1.92. The molecule has 5 heteroatoms. The van der Waals surface area contributed by atoms with Gasteiger partial charge in [-0.25, -0.2) is 0 Å². The maximum absolute atomic E-state index is 11.8. The summed E-state index contributed by atoms with van der Waals surface area (Å²) in [6.07, 6.45) is -5.82. The van der Waals surface area contributed by atoms with Crippen LogP contribution in [-0.2, 0) is 0 Å². The van der Waals surface area contributed by atoms with Gasteiger partial charge in [-0.1, -0.05) is 13.8 Å². The average Bonchev–Trinajstić information content (AvgIpc) is 1.85. The van der Waals surface area contributed by atoms with Crippen molar-refractivity contribution in [3.63, 3.8) is 0 Å². The number of hydrogen-bond acceptors (Lipinski definition) is 2. The Morgan fingerprint density at radius 2 is 1.75 bits per heavy atom. The molecule has 0 amide bonds. The highest BCUT2D eigenvalue weighted by atomic mass is 19.4. The molecule has 0 rings (SSSR count). The Hall–Kier alpha value is -0.290. The van der Waals surface area contributed by atoms with Gasteiger partial charge in [-0.05, 0) is 12.3 Å². The highest BCUT2D eigenvalue weighted by Crippen LogP contribution is 2.23. The Morgan fingerprint density at radius 3 is 2.00 bits per heavy atom. The standard InChI is InChI=1S/C7H14F3NO/c1-4(2)5(12)3-6(11)7(8,9)10/h4-6,12H,3,11H2,1-2H3/t5-,6-/m0/s1. The smallest absolute Gasteiger partial charge is 0.393 e. The monoisotopic (exact) mass is 185 g/mol. The molecule has 0 bridgehead atoms. The summed E-state index contributed by atoms with van der Waals surface area (Å²) in [4.78, 5) is 0. The SMILES string of the molecule is CC(C)[C@@H](O)C[C@H](N)C(F)(F)F. The fraction of sp³-hybridized carbons (Fsp3) is 1.00. The van der Waals surface area contributed by atoms with Gasteiger partial charge in [0.25, 0.3) is 0 Å².